The van der Waals surface area contributed by atoms with E-state index in [2.05, 4.69) is 14.9 Å². The minimum Gasteiger partial charge on any atom is -0.434 e. The van der Waals surface area contributed by atoms with Crippen LogP contribution in [-0.2, 0) is 0 Å². The summed E-state index contributed by atoms with van der Waals surface area (Å²) < 4.78 is 30.6. The predicted octanol–water partition coefficient (Wildman–Crippen LogP) is 4.62. The van der Waals surface area contributed by atoms with Crippen molar-refractivity contribution in [2.75, 3.05) is 18.0 Å². The van der Waals surface area contributed by atoms with E-state index in [9.17, 15) is 8.78 Å². The Kier molecular flexibility index (Phi) is 4.65. The number of halogens is 2. The van der Waals surface area contributed by atoms with Gasteiger partial charge in [-0.05, 0) is 48.6 Å². The van der Waals surface area contributed by atoms with Crippen molar-refractivity contribution in [3.8, 4) is 5.75 Å². The number of alkyl halides is 2. The molecule has 1 aliphatic heterocycles. The van der Waals surface area contributed by atoms with E-state index in [0.717, 1.165) is 42.6 Å². The number of rotatable bonds is 4. The fraction of sp³-hybridized carbons (Fsp3) is 0.300. The van der Waals surface area contributed by atoms with Gasteiger partial charge in [0, 0.05) is 36.9 Å². The monoisotopic (exact) mass is 355 g/mol. The van der Waals surface area contributed by atoms with E-state index in [1.165, 1.54) is 0 Å². The SMILES string of the molecule is FC(F)Oc1cc2ncccc2cc1C1CCN(c2cccnc2)CC1. The number of fused-ring (bicyclic) bond motifs is 1. The molecule has 1 saturated heterocycles. The number of nitrogens with zero attached hydrogens (tertiary/aromatic N) is 3. The average Bonchev–Trinajstić information content (AvgIpc) is 2.68. The molecule has 6 heteroatoms. The number of pyridine rings is 2. The minimum absolute atomic E-state index is 0.182. The first-order valence-corrected chi connectivity index (χ1v) is 8.69. The van der Waals surface area contributed by atoms with Gasteiger partial charge in [0.15, 0.2) is 0 Å². The smallest absolute Gasteiger partial charge is 0.387 e. The van der Waals surface area contributed by atoms with Gasteiger partial charge >= 0.3 is 6.61 Å². The third-order valence-corrected chi connectivity index (χ3v) is 4.90. The van der Waals surface area contributed by atoms with Gasteiger partial charge in [-0.1, -0.05) is 6.07 Å². The van der Waals surface area contributed by atoms with Gasteiger partial charge in [-0.15, -0.1) is 0 Å². The van der Waals surface area contributed by atoms with E-state index >= 15 is 0 Å². The van der Waals surface area contributed by atoms with Gasteiger partial charge in [-0.2, -0.15) is 8.78 Å². The summed E-state index contributed by atoms with van der Waals surface area (Å²) in [6.07, 6.45) is 7.02. The number of benzene rings is 1. The van der Waals surface area contributed by atoms with Crippen molar-refractivity contribution in [3.63, 3.8) is 0 Å². The fourth-order valence-corrected chi connectivity index (χ4v) is 3.63. The second-order valence-electron chi connectivity index (χ2n) is 6.44. The maximum Gasteiger partial charge on any atom is 0.387 e. The van der Waals surface area contributed by atoms with Gasteiger partial charge < -0.3 is 9.64 Å². The quantitative estimate of drug-likeness (QED) is 0.685. The highest BCUT2D eigenvalue weighted by atomic mass is 19.3. The van der Waals surface area contributed by atoms with Crippen molar-refractivity contribution in [3.05, 3.63) is 60.6 Å². The lowest BCUT2D eigenvalue weighted by molar-refractivity contribution is -0.0506. The summed E-state index contributed by atoms with van der Waals surface area (Å²) >= 11 is 0. The molecule has 0 aliphatic carbocycles. The van der Waals surface area contributed by atoms with Crippen molar-refractivity contribution in [2.24, 2.45) is 0 Å². The molecule has 0 spiro atoms. The van der Waals surface area contributed by atoms with Gasteiger partial charge in [0.25, 0.3) is 0 Å². The van der Waals surface area contributed by atoms with Crippen LogP contribution in [0.4, 0.5) is 14.5 Å². The first kappa shape index (κ1) is 16.7. The summed E-state index contributed by atoms with van der Waals surface area (Å²) in [5.74, 6) is 0.423. The molecule has 1 fully saturated rings. The second kappa shape index (κ2) is 7.23. The summed E-state index contributed by atoms with van der Waals surface area (Å²) in [5, 5.41) is 0.943. The van der Waals surface area contributed by atoms with Crippen molar-refractivity contribution < 1.29 is 13.5 Å². The Hall–Kier alpha value is -2.76. The number of aromatic nitrogens is 2. The largest absolute Gasteiger partial charge is 0.434 e. The molecule has 0 atom stereocenters. The van der Waals surface area contributed by atoms with Crippen LogP contribution in [0.2, 0.25) is 0 Å². The summed E-state index contributed by atoms with van der Waals surface area (Å²) in [6, 6.07) is 11.3. The molecule has 3 heterocycles. The van der Waals surface area contributed by atoms with E-state index in [1.54, 1.807) is 18.5 Å². The fourth-order valence-electron chi connectivity index (χ4n) is 3.63. The van der Waals surface area contributed by atoms with Crippen molar-refractivity contribution in [1.29, 1.82) is 0 Å². The van der Waals surface area contributed by atoms with Crippen LogP contribution in [0.5, 0.6) is 5.75 Å². The number of hydrogen-bond acceptors (Lipinski definition) is 4. The zero-order valence-electron chi connectivity index (χ0n) is 14.2. The Labute approximate surface area is 150 Å². The molecular formula is C20H19F2N3O. The van der Waals surface area contributed by atoms with Crippen molar-refractivity contribution >= 4 is 16.6 Å². The molecule has 4 nitrogen and oxygen atoms in total. The Morgan fingerprint density at radius 3 is 2.62 bits per heavy atom. The van der Waals surface area contributed by atoms with E-state index in [-0.39, 0.29) is 11.7 Å². The van der Waals surface area contributed by atoms with Gasteiger partial charge in [-0.25, -0.2) is 0 Å². The summed E-state index contributed by atoms with van der Waals surface area (Å²) in [5.41, 5.74) is 2.61. The van der Waals surface area contributed by atoms with Crippen LogP contribution in [0, 0.1) is 0 Å². The molecule has 0 radical (unpaired) electrons. The number of hydrogen-bond donors (Lipinski definition) is 0. The Morgan fingerprint density at radius 2 is 1.88 bits per heavy atom. The molecule has 26 heavy (non-hydrogen) atoms. The molecule has 0 bridgehead atoms. The summed E-state index contributed by atoms with van der Waals surface area (Å²) in [7, 11) is 0. The van der Waals surface area contributed by atoms with Crippen LogP contribution < -0.4 is 9.64 Å². The lowest BCUT2D eigenvalue weighted by Gasteiger charge is -2.34. The number of anilines is 1. The molecular weight excluding hydrogens is 336 g/mol. The van der Waals surface area contributed by atoms with Crippen LogP contribution in [0.3, 0.4) is 0 Å². The molecule has 1 aliphatic rings. The maximum atomic E-state index is 12.9. The minimum atomic E-state index is -2.84. The number of ether oxygens (including phenoxy) is 1. The Balaban J connectivity index is 1.60. The van der Waals surface area contributed by atoms with E-state index in [4.69, 9.17) is 4.74 Å². The van der Waals surface area contributed by atoms with Gasteiger partial charge in [0.05, 0.1) is 17.4 Å². The molecule has 4 rings (SSSR count). The lowest BCUT2D eigenvalue weighted by Crippen LogP contribution is -2.33. The standard InChI is InChI=1S/C20H19F2N3O/c21-20(22)26-19-12-18-15(3-1-8-24-18)11-17(19)14-5-9-25(10-6-14)16-4-2-7-23-13-16/h1-4,7-8,11-14,20H,5-6,9-10H2. The van der Waals surface area contributed by atoms with Crippen molar-refractivity contribution in [1.82, 2.24) is 9.97 Å². The molecule has 134 valence electrons. The highest BCUT2D eigenvalue weighted by molar-refractivity contribution is 5.81. The highest BCUT2D eigenvalue weighted by Gasteiger charge is 2.25. The maximum absolute atomic E-state index is 12.9. The van der Waals surface area contributed by atoms with Crippen LogP contribution in [0.25, 0.3) is 10.9 Å². The summed E-state index contributed by atoms with van der Waals surface area (Å²) in [4.78, 5) is 10.7. The molecule has 0 N–H and O–H groups in total. The summed E-state index contributed by atoms with van der Waals surface area (Å²) in [6.45, 7) is -1.13. The molecule has 2 aromatic heterocycles. The highest BCUT2D eigenvalue weighted by Crippen LogP contribution is 2.38. The topological polar surface area (TPSA) is 38.2 Å². The van der Waals surface area contributed by atoms with E-state index in [0.29, 0.717) is 5.52 Å². The first-order valence-electron chi connectivity index (χ1n) is 8.69. The van der Waals surface area contributed by atoms with Crippen LogP contribution in [0.1, 0.15) is 24.3 Å². The van der Waals surface area contributed by atoms with Crippen molar-refractivity contribution in [2.45, 2.75) is 25.4 Å². The lowest BCUT2D eigenvalue weighted by atomic mass is 9.88. The zero-order valence-corrected chi connectivity index (χ0v) is 14.2. The molecule has 0 unspecified atom stereocenters. The van der Waals surface area contributed by atoms with E-state index in [1.807, 2.05) is 36.5 Å². The third kappa shape index (κ3) is 3.45. The van der Waals surface area contributed by atoms with Gasteiger partial charge in [0.2, 0.25) is 0 Å². The molecule has 0 amide bonds. The van der Waals surface area contributed by atoms with Crippen LogP contribution >= 0.6 is 0 Å². The average molecular weight is 355 g/mol. The van der Waals surface area contributed by atoms with Gasteiger partial charge in [-0.3, -0.25) is 9.97 Å². The third-order valence-electron chi connectivity index (χ3n) is 4.90. The Bertz CT molecular complexity index is 881. The molecule has 0 saturated carbocycles. The van der Waals surface area contributed by atoms with Crippen LogP contribution in [-0.4, -0.2) is 29.7 Å². The number of piperidine rings is 1. The first-order chi connectivity index (χ1) is 12.7. The molecule has 1 aromatic carbocycles. The second-order valence-corrected chi connectivity index (χ2v) is 6.44. The predicted molar refractivity (Wildman–Crippen MR) is 96.8 cm³/mol. The Morgan fingerprint density at radius 1 is 1.08 bits per heavy atom. The van der Waals surface area contributed by atoms with Crippen LogP contribution in [0.15, 0.2) is 55.0 Å². The zero-order chi connectivity index (χ0) is 17.9. The normalized spacial score (nSPS) is 15.6. The van der Waals surface area contributed by atoms with Gasteiger partial charge in [0.1, 0.15) is 5.75 Å². The van der Waals surface area contributed by atoms with E-state index < -0.39 is 6.61 Å². The molecule has 3 aromatic rings.